The molecular weight excluding hydrogens is 345 g/mol. The van der Waals surface area contributed by atoms with Crippen molar-refractivity contribution in [2.45, 2.75) is 62.8 Å². The molecule has 0 aromatic heterocycles. The van der Waals surface area contributed by atoms with Crippen LogP contribution < -0.4 is 5.32 Å². The highest BCUT2D eigenvalue weighted by Gasteiger charge is 2.38. The Kier molecular flexibility index (Phi) is 5.46. The first-order chi connectivity index (χ1) is 12.3. The number of carbonyl (C=O) groups is 1. The van der Waals surface area contributed by atoms with E-state index in [4.69, 9.17) is 0 Å². The van der Waals surface area contributed by atoms with Crippen molar-refractivity contribution < 1.29 is 23.1 Å². The van der Waals surface area contributed by atoms with Crippen LogP contribution in [0.1, 0.15) is 56.1 Å². The van der Waals surface area contributed by atoms with E-state index in [0.717, 1.165) is 37.8 Å². The summed E-state index contributed by atoms with van der Waals surface area (Å²) in [5.74, 6) is 0. The lowest BCUT2D eigenvalue weighted by Crippen LogP contribution is -2.51. The number of nitrogens with one attached hydrogen (secondary N) is 1. The summed E-state index contributed by atoms with van der Waals surface area (Å²) in [5.41, 5.74) is -1.83. The summed E-state index contributed by atoms with van der Waals surface area (Å²) in [6.07, 6.45) is 1.47. The fourth-order valence-corrected chi connectivity index (χ4v) is 3.87. The Bertz CT molecular complexity index is 634. The van der Waals surface area contributed by atoms with Gasteiger partial charge in [0.2, 0.25) is 0 Å². The number of aliphatic hydroxyl groups is 1. The maximum absolute atomic E-state index is 12.9. The molecular formula is C19H25F3N2O2. The van der Waals surface area contributed by atoms with Gasteiger partial charge >= 0.3 is 12.2 Å². The highest BCUT2D eigenvalue weighted by molar-refractivity contribution is 5.74. The molecule has 0 atom stereocenters. The van der Waals surface area contributed by atoms with Gasteiger partial charge in [-0.25, -0.2) is 4.79 Å². The SMILES string of the molecule is O=C(NC1CCCCC1)N1CCC(O)(c2cccc(C(F)(F)F)c2)CC1. The average molecular weight is 370 g/mol. The van der Waals surface area contributed by atoms with Gasteiger partial charge in [-0.3, -0.25) is 0 Å². The summed E-state index contributed by atoms with van der Waals surface area (Å²) < 4.78 is 38.7. The molecule has 4 nitrogen and oxygen atoms in total. The van der Waals surface area contributed by atoms with Gasteiger partial charge in [0.25, 0.3) is 0 Å². The summed E-state index contributed by atoms with van der Waals surface area (Å²) in [6, 6.07) is 4.92. The molecule has 2 N–H and O–H groups in total. The molecule has 1 aliphatic heterocycles. The third kappa shape index (κ3) is 4.31. The van der Waals surface area contributed by atoms with Crippen molar-refractivity contribution in [3.05, 3.63) is 35.4 Å². The van der Waals surface area contributed by atoms with Crippen LogP contribution in [-0.2, 0) is 11.8 Å². The van der Waals surface area contributed by atoms with Crippen molar-refractivity contribution in [3.8, 4) is 0 Å². The van der Waals surface area contributed by atoms with Gasteiger partial charge in [0.15, 0.2) is 0 Å². The molecule has 2 fully saturated rings. The molecule has 1 aromatic carbocycles. The van der Waals surface area contributed by atoms with E-state index in [1.807, 2.05) is 0 Å². The Labute approximate surface area is 151 Å². The maximum atomic E-state index is 12.9. The third-order valence-electron chi connectivity index (χ3n) is 5.54. The van der Waals surface area contributed by atoms with Crippen molar-refractivity contribution in [2.75, 3.05) is 13.1 Å². The molecule has 1 heterocycles. The van der Waals surface area contributed by atoms with Gasteiger partial charge in [-0.05, 0) is 43.4 Å². The number of alkyl halides is 3. The average Bonchev–Trinajstić information content (AvgIpc) is 2.62. The van der Waals surface area contributed by atoms with Gasteiger partial charge < -0.3 is 15.3 Å². The number of nitrogens with zero attached hydrogens (tertiary/aromatic N) is 1. The molecule has 1 aliphatic carbocycles. The minimum absolute atomic E-state index is 0.136. The number of likely N-dealkylation sites (tertiary alicyclic amines) is 1. The zero-order valence-corrected chi connectivity index (χ0v) is 14.7. The van der Waals surface area contributed by atoms with Crippen LogP contribution in [-0.4, -0.2) is 35.2 Å². The second-order valence-corrected chi connectivity index (χ2v) is 7.38. The minimum Gasteiger partial charge on any atom is -0.385 e. The lowest BCUT2D eigenvalue weighted by molar-refractivity contribution is -0.137. The molecule has 2 aliphatic rings. The Morgan fingerprint density at radius 1 is 1.15 bits per heavy atom. The lowest BCUT2D eigenvalue weighted by Gasteiger charge is -2.39. The van der Waals surface area contributed by atoms with Gasteiger partial charge in [0.05, 0.1) is 11.2 Å². The number of carbonyl (C=O) groups excluding carboxylic acids is 1. The summed E-state index contributed by atoms with van der Waals surface area (Å²) in [5, 5.41) is 13.9. The van der Waals surface area contributed by atoms with Gasteiger partial charge in [-0.2, -0.15) is 13.2 Å². The van der Waals surface area contributed by atoms with E-state index in [1.54, 1.807) is 4.90 Å². The second-order valence-electron chi connectivity index (χ2n) is 7.38. The Morgan fingerprint density at radius 3 is 2.42 bits per heavy atom. The Morgan fingerprint density at radius 2 is 1.81 bits per heavy atom. The summed E-state index contributed by atoms with van der Waals surface area (Å²) in [4.78, 5) is 14.0. The largest absolute Gasteiger partial charge is 0.416 e. The Balaban J connectivity index is 1.61. The maximum Gasteiger partial charge on any atom is 0.416 e. The van der Waals surface area contributed by atoms with Gasteiger partial charge in [0, 0.05) is 19.1 Å². The molecule has 0 bridgehead atoms. The first kappa shape index (κ1) is 19.0. The van der Waals surface area contributed by atoms with Crippen molar-refractivity contribution >= 4 is 6.03 Å². The number of halogens is 3. The molecule has 7 heteroatoms. The summed E-state index contributed by atoms with van der Waals surface area (Å²) in [7, 11) is 0. The molecule has 1 saturated heterocycles. The standard InChI is InChI=1S/C19H25F3N2O2/c20-19(21,22)15-6-4-5-14(13-15)18(26)9-11-24(12-10-18)17(25)23-16-7-2-1-3-8-16/h4-6,13,16,26H,1-3,7-12H2,(H,23,25). The third-order valence-corrected chi connectivity index (χ3v) is 5.54. The molecule has 26 heavy (non-hydrogen) atoms. The van der Waals surface area contributed by atoms with Gasteiger partial charge in [0.1, 0.15) is 0 Å². The van der Waals surface area contributed by atoms with Gasteiger partial charge in [-0.15, -0.1) is 0 Å². The second kappa shape index (κ2) is 7.47. The van der Waals surface area contributed by atoms with Crippen LogP contribution in [0.5, 0.6) is 0 Å². The van der Waals surface area contributed by atoms with Crippen LogP contribution in [0.15, 0.2) is 24.3 Å². The molecule has 144 valence electrons. The Hall–Kier alpha value is -1.76. The monoisotopic (exact) mass is 370 g/mol. The topological polar surface area (TPSA) is 52.6 Å². The van der Waals surface area contributed by atoms with Crippen molar-refractivity contribution in [3.63, 3.8) is 0 Å². The number of hydrogen-bond acceptors (Lipinski definition) is 2. The first-order valence-corrected chi connectivity index (χ1v) is 9.23. The number of hydrogen-bond donors (Lipinski definition) is 2. The van der Waals surface area contributed by atoms with E-state index in [0.29, 0.717) is 13.1 Å². The van der Waals surface area contributed by atoms with Crippen molar-refractivity contribution in [1.82, 2.24) is 10.2 Å². The molecule has 2 amide bonds. The van der Waals surface area contributed by atoms with E-state index >= 15 is 0 Å². The van der Waals surface area contributed by atoms with Crippen LogP contribution in [0.2, 0.25) is 0 Å². The van der Waals surface area contributed by atoms with Crippen molar-refractivity contribution in [1.29, 1.82) is 0 Å². The molecule has 0 radical (unpaired) electrons. The van der Waals surface area contributed by atoms with Crippen LogP contribution in [0.3, 0.4) is 0 Å². The molecule has 1 aromatic rings. The smallest absolute Gasteiger partial charge is 0.385 e. The fourth-order valence-electron chi connectivity index (χ4n) is 3.87. The molecule has 0 spiro atoms. The number of urea groups is 1. The van der Waals surface area contributed by atoms with Gasteiger partial charge in [-0.1, -0.05) is 31.4 Å². The lowest BCUT2D eigenvalue weighted by atomic mass is 9.84. The van der Waals surface area contributed by atoms with E-state index in [1.165, 1.54) is 18.6 Å². The van der Waals surface area contributed by atoms with E-state index in [9.17, 15) is 23.1 Å². The summed E-state index contributed by atoms with van der Waals surface area (Å²) >= 11 is 0. The van der Waals surface area contributed by atoms with Crippen molar-refractivity contribution in [2.24, 2.45) is 0 Å². The quantitative estimate of drug-likeness (QED) is 0.826. The highest BCUT2D eigenvalue weighted by atomic mass is 19.4. The van der Waals surface area contributed by atoms with Crippen LogP contribution in [0, 0.1) is 0 Å². The number of benzene rings is 1. The van der Waals surface area contributed by atoms with Crippen LogP contribution >= 0.6 is 0 Å². The van der Waals surface area contributed by atoms with E-state index in [-0.39, 0.29) is 30.5 Å². The normalized spacial score (nSPS) is 21.5. The fraction of sp³-hybridized carbons (Fsp3) is 0.632. The summed E-state index contributed by atoms with van der Waals surface area (Å²) in [6.45, 7) is 0.649. The molecule has 3 rings (SSSR count). The van der Waals surface area contributed by atoms with Crippen LogP contribution in [0.4, 0.5) is 18.0 Å². The van der Waals surface area contributed by atoms with E-state index < -0.39 is 17.3 Å². The minimum atomic E-state index is -4.44. The molecule has 1 saturated carbocycles. The molecule has 0 unspecified atom stereocenters. The highest BCUT2D eigenvalue weighted by Crippen LogP contribution is 2.36. The number of rotatable bonds is 2. The predicted octanol–water partition coefficient (Wildman–Crippen LogP) is 4.03. The number of piperidine rings is 1. The predicted molar refractivity (Wildman–Crippen MR) is 91.6 cm³/mol. The zero-order chi connectivity index (χ0) is 18.8. The zero-order valence-electron chi connectivity index (χ0n) is 14.7. The van der Waals surface area contributed by atoms with Crippen LogP contribution in [0.25, 0.3) is 0 Å². The first-order valence-electron chi connectivity index (χ1n) is 9.23. The number of amides is 2. The van der Waals surface area contributed by atoms with E-state index in [2.05, 4.69) is 5.32 Å².